The molecule has 15 heavy (non-hydrogen) atoms. The molecule has 0 aliphatic carbocycles. The molecule has 1 amide bonds. The standard InChI is InChI=1S/C10H20N2O3/c1-5-11-6-9(13)12(3)7-8(2)10(14)15-4/h8,11H,5-7H2,1-4H3. The van der Waals surface area contributed by atoms with Crippen molar-refractivity contribution in [2.75, 3.05) is 33.8 Å². The van der Waals surface area contributed by atoms with Gasteiger partial charge in [-0.3, -0.25) is 9.59 Å². The summed E-state index contributed by atoms with van der Waals surface area (Å²) in [6, 6.07) is 0. The highest BCUT2D eigenvalue weighted by atomic mass is 16.5. The SMILES string of the molecule is CCNCC(=O)N(C)CC(C)C(=O)OC. The molecule has 0 heterocycles. The van der Waals surface area contributed by atoms with Crippen molar-refractivity contribution in [2.45, 2.75) is 13.8 Å². The maximum atomic E-state index is 11.5. The van der Waals surface area contributed by atoms with E-state index in [-0.39, 0.29) is 17.8 Å². The van der Waals surface area contributed by atoms with Gasteiger partial charge < -0.3 is 15.0 Å². The molecule has 0 spiro atoms. The van der Waals surface area contributed by atoms with Gasteiger partial charge in [0, 0.05) is 13.6 Å². The quantitative estimate of drug-likeness (QED) is 0.628. The van der Waals surface area contributed by atoms with Crippen LogP contribution in [-0.4, -0.2) is 50.6 Å². The van der Waals surface area contributed by atoms with Gasteiger partial charge in [0.2, 0.25) is 5.91 Å². The molecule has 0 saturated carbocycles. The molecule has 1 atom stereocenters. The number of hydrogen-bond donors (Lipinski definition) is 1. The lowest BCUT2D eigenvalue weighted by Gasteiger charge is -2.20. The number of carbonyl (C=O) groups is 2. The molecule has 88 valence electrons. The zero-order valence-corrected chi connectivity index (χ0v) is 9.87. The van der Waals surface area contributed by atoms with Crippen molar-refractivity contribution in [1.29, 1.82) is 0 Å². The largest absolute Gasteiger partial charge is 0.469 e. The lowest BCUT2D eigenvalue weighted by atomic mass is 10.2. The van der Waals surface area contributed by atoms with E-state index in [1.54, 1.807) is 14.0 Å². The number of esters is 1. The van der Waals surface area contributed by atoms with Crippen LogP contribution in [0.5, 0.6) is 0 Å². The van der Waals surface area contributed by atoms with E-state index in [4.69, 9.17) is 0 Å². The molecule has 1 unspecified atom stereocenters. The van der Waals surface area contributed by atoms with E-state index in [1.807, 2.05) is 6.92 Å². The molecule has 0 aromatic rings. The van der Waals surface area contributed by atoms with Crippen molar-refractivity contribution in [1.82, 2.24) is 10.2 Å². The predicted molar refractivity (Wildman–Crippen MR) is 57.4 cm³/mol. The van der Waals surface area contributed by atoms with Crippen LogP contribution < -0.4 is 5.32 Å². The fourth-order valence-corrected chi connectivity index (χ4v) is 1.16. The number of ether oxygens (including phenoxy) is 1. The first-order valence-corrected chi connectivity index (χ1v) is 5.05. The second-order valence-electron chi connectivity index (χ2n) is 3.48. The van der Waals surface area contributed by atoms with Gasteiger partial charge in [0.15, 0.2) is 0 Å². The predicted octanol–water partition coefficient (Wildman–Crippen LogP) is -0.137. The molecule has 0 aromatic heterocycles. The van der Waals surface area contributed by atoms with Gasteiger partial charge in [0.25, 0.3) is 0 Å². The van der Waals surface area contributed by atoms with E-state index in [1.165, 1.54) is 12.0 Å². The highest BCUT2D eigenvalue weighted by Crippen LogP contribution is 2.00. The first-order valence-electron chi connectivity index (χ1n) is 5.05. The van der Waals surface area contributed by atoms with Crippen molar-refractivity contribution in [3.8, 4) is 0 Å². The summed E-state index contributed by atoms with van der Waals surface area (Å²) in [4.78, 5) is 24.1. The van der Waals surface area contributed by atoms with Crippen molar-refractivity contribution < 1.29 is 14.3 Å². The molecule has 0 aromatic carbocycles. The lowest BCUT2D eigenvalue weighted by Crippen LogP contribution is -2.39. The number of rotatable bonds is 6. The Bertz CT molecular complexity index is 219. The molecule has 0 rings (SSSR count). The third-order valence-electron chi connectivity index (χ3n) is 2.10. The Balaban J connectivity index is 3.95. The Morgan fingerprint density at radius 3 is 2.53 bits per heavy atom. The number of likely N-dealkylation sites (N-methyl/N-ethyl adjacent to an activating group) is 2. The Kier molecular flexibility index (Phi) is 6.70. The normalized spacial score (nSPS) is 12.0. The summed E-state index contributed by atoms with van der Waals surface area (Å²) in [5.74, 6) is -0.601. The third kappa shape index (κ3) is 5.37. The molecular weight excluding hydrogens is 196 g/mol. The van der Waals surface area contributed by atoms with E-state index < -0.39 is 0 Å². The Labute approximate surface area is 90.8 Å². The molecular formula is C10H20N2O3. The van der Waals surface area contributed by atoms with Gasteiger partial charge >= 0.3 is 5.97 Å². The number of amides is 1. The van der Waals surface area contributed by atoms with E-state index in [0.29, 0.717) is 13.1 Å². The summed E-state index contributed by atoms with van der Waals surface area (Å²) < 4.78 is 4.58. The van der Waals surface area contributed by atoms with Crippen molar-refractivity contribution in [2.24, 2.45) is 5.92 Å². The summed E-state index contributed by atoms with van der Waals surface area (Å²) in [5.41, 5.74) is 0. The molecule has 5 heteroatoms. The zero-order valence-electron chi connectivity index (χ0n) is 9.87. The van der Waals surface area contributed by atoms with Gasteiger partial charge in [-0.2, -0.15) is 0 Å². The van der Waals surface area contributed by atoms with Crippen molar-refractivity contribution >= 4 is 11.9 Å². The number of nitrogens with one attached hydrogen (secondary N) is 1. The van der Waals surface area contributed by atoms with Crippen LogP contribution in [0, 0.1) is 5.92 Å². The average Bonchev–Trinajstić information content (AvgIpc) is 2.24. The number of methoxy groups -OCH3 is 1. The minimum atomic E-state index is -0.293. The van der Waals surface area contributed by atoms with E-state index in [0.717, 1.165) is 6.54 Å². The molecule has 5 nitrogen and oxygen atoms in total. The Morgan fingerprint density at radius 2 is 2.07 bits per heavy atom. The van der Waals surface area contributed by atoms with Gasteiger partial charge in [-0.1, -0.05) is 13.8 Å². The van der Waals surface area contributed by atoms with Crippen LogP contribution in [-0.2, 0) is 14.3 Å². The van der Waals surface area contributed by atoms with Gasteiger partial charge in [-0.05, 0) is 6.54 Å². The van der Waals surface area contributed by atoms with Crippen molar-refractivity contribution in [3.63, 3.8) is 0 Å². The highest BCUT2D eigenvalue weighted by molar-refractivity contribution is 5.79. The highest BCUT2D eigenvalue weighted by Gasteiger charge is 2.17. The van der Waals surface area contributed by atoms with Crippen LogP contribution in [0.15, 0.2) is 0 Å². The minimum Gasteiger partial charge on any atom is -0.469 e. The van der Waals surface area contributed by atoms with Crippen LogP contribution in [0.2, 0.25) is 0 Å². The number of nitrogens with zero attached hydrogens (tertiary/aromatic N) is 1. The number of carbonyl (C=O) groups excluding carboxylic acids is 2. The van der Waals surface area contributed by atoms with E-state index in [2.05, 4.69) is 10.1 Å². The second-order valence-corrected chi connectivity index (χ2v) is 3.48. The molecule has 0 radical (unpaired) electrons. The maximum Gasteiger partial charge on any atom is 0.310 e. The number of hydrogen-bond acceptors (Lipinski definition) is 4. The maximum absolute atomic E-state index is 11.5. The molecule has 0 aliphatic heterocycles. The molecule has 0 aliphatic rings. The minimum absolute atomic E-state index is 0.0207. The van der Waals surface area contributed by atoms with Crippen LogP contribution in [0.4, 0.5) is 0 Å². The molecule has 0 fully saturated rings. The summed E-state index contributed by atoms with van der Waals surface area (Å²) >= 11 is 0. The zero-order chi connectivity index (χ0) is 11.8. The van der Waals surface area contributed by atoms with Gasteiger partial charge in [0.05, 0.1) is 19.6 Å². The van der Waals surface area contributed by atoms with Crippen LogP contribution >= 0.6 is 0 Å². The summed E-state index contributed by atoms with van der Waals surface area (Å²) in [5, 5.41) is 2.94. The van der Waals surface area contributed by atoms with Crippen molar-refractivity contribution in [3.05, 3.63) is 0 Å². The molecule has 0 saturated heterocycles. The van der Waals surface area contributed by atoms with Gasteiger partial charge in [0.1, 0.15) is 0 Å². The van der Waals surface area contributed by atoms with Crippen LogP contribution in [0.3, 0.4) is 0 Å². The second kappa shape index (κ2) is 7.23. The first-order chi connectivity index (χ1) is 7.02. The van der Waals surface area contributed by atoms with Crippen LogP contribution in [0.1, 0.15) is 13.8 Å². The lowest BCUT2D eigenvalue weighted by molar-refractivity contribution is -0.146. The fraction of sp³-hybridized carbons (Fsp3) is 0.800. The van der Waals surface area contributed by atoms with E-state index in [9.17, 15) is 9.59 Å². The average molecular weight is 216 g/mol. The molecule has 0 bridgehead atoms. The summed E-state index contributed by atoms with van der Waals surface area (Å²) in [6.45, 7) is 5.12. The molecule has 1 N–H and O–H groups in total. The smallest absolute Gasteiger partial charge is 0.310 e. The summed E-state index contributed by atoms with van der Waals surface area (Å²) in [6.07, 6.45) is 0. The monoisotopic (exact) mass is 216 g/mol. The van der Waals surface area contributed by atoms with Crippen LogP contribution in [0.25, 0.3) is 0 Å². The van der Waals surface area contributed by atoms with Gasteiger partial charge in [-0.15, -0.1) is 0 Å². The third-order valence-corrected chi connectivity index (χ3v) is 2.10. The van der Waals surface area contributed by atoms with Gasteiger partial charge in [-0.25, -0.2) is 0 Å². The summed E-state index contributed by atoms with van der Waals surface area (Å²) in [7, 11) is 3.03. The Morgan fingerprint density at radius 1 is 1.47 bits per heavy atom. The Hall–Kier alpha value is -1.10. The first kappa shape index (κ1) is 13.9. The topological polar surface area (TPSA) is 58.6 Å². The van der Waals surface area contributed by atoms with E-state index >= 15 is 0 Å². The fourth-order valence-electron chi connectivity index (χ4n) is 1.16.